The standard InChI is InChI=1S/C20H22N4O5/c1-3-21-19(26)20(27)24-22-12-14-7-9-16(10-8-14)29-13-18(25)23-15-5-4-6-17(11-15)28-2/h4-12H,3,13H2,1-2H3,(H,21,26)(H,23,25)(H,24,27)/b22-12-. The van der Waals surface area contributed by atoms with Crippen molar-refractivity contribution in [3.63, 3.8) is 0 Å². The van der Waals surface area contributed by atoms with Crippen molar-refractivity contribution in [1.29, 1.82) is 0 Å². The van der Waals surface area contributed by atoms with Crippen LogP contribution in [0.5, 0.6) is 11.5 Å². The molecular weight excluding hydrogens is 376 g/mol. The van der Waals surface area contributed by atoms with Crippen molar-refractivity contribution in [2.24, 2.45) is 5.10 Å². The molecule has 3 amide bonds. The third-order valence-electron chi connectivity index (χ3n) is 3.53. The second-order valence-corrected chi connectivity index (χ2v) is 5.70. The van der Waals surface area contributed by atoms with Crippen molar-refractivity contribution in [2.45, 2.75) is 6.92 Å². The first-order valence-corrected chi connectivity index (χ1v) is 8.79. The molecule has 0 atom stereocenters. The van der Waals surface area contributed by atoms with Crippen LogP contribution in [0.25, 0.3) is 0 Å². The maximum atomic E-state index is 12.0. The number of rotatable bonds is 8. The minimum atomic E-state index is -0.842. The smallest absolute Gasteiger partial charge is 0.329 e. The van der Waals surface area contributed by atoms with E-state index in [2.05, 4.69) is 21.2 Å². The van der Waals surface area contributed by atoms with Crippen molar-refractivity contribution < 1.29 is 23.9 Å². The van der Waals surface area contributed by atoms with E-state index < -0.39 is 11.8 Å². The Bertz CT molecular complexity index is 881. The fourth-order valence-electron chi connectivity index (χ4n) is 2.15. The number of nitrogens with one attached hydrogen (secondary N) is 3. The van der Waals surface area contributed by atoms with Crippen LogP contribution in [0.4, 0.5) is 5.69 Å². The van der Waals surface area contributed by atoms with Gasteiger partial charge in [0.25, 0.3) is 5.91 Å². The Labute approximate surface area is 168 Å². The van der Waals surface area contributed by atoms with Crippen molar-refractivity contribution in [3.05, 3.63) is 54.1 Å². The zero-order chi connectivity index (χ0) is 21.1. The first-order valence-electron chi connectivity index (χ1n) is 8.79. The predicted molar refractivity (Wildman–Crippen MR) is 108 cm³/mol. The van der Waals surface area contributed by atoms with E-state index in [0.29, 0.717) is 29.3 Å². The predicted octanol–water partition coefficient (Wildman–Crippen LogP) is 1.30. The summed E-state index contributed by atoms with van der Waals surface area (Å²) in [5, 5.41) is 8.79. The number of ether oxygens (including phenoxy) is 2. The molecule has 0 bridgehead atoms. The molecule has 0 spiro atoms. The van der Waals surface area contributed by atoms with Gasteiger partial charge in [0.2, 0.25) is 0 Å². The van der Waals surface area contributed by atoms with Crippen LogP contribution in [0.3, 0.4) is 0 Å². The molecule has 9 nitrogen and oxygen atoms in total. The quantitative estimate of drug-likeness (QED) is 0.352. The number of benzene rings is 2. The minimum absolute atomic E-state index is 0.159. The van der Waals surface area contributed by atoms with Crippen LogP contribution in [0.15, 0.2) is 53.6 Å². The van der Waals surface area contributed by atoms with Gasteiger partial charge in [-0.05, 0) is 48.9 Å². The summed E-state index contributed by atoms with van der Waals surface area (Å²) in [6.45, 7) is 1.91. The second kappa shape index (κ2) is 11.1. The zero-order valence-electron chi connectivity index (χ0n) is 16.1. The van der Waals surface area contributed by atoms with Crippen molar-refractivity contribution in [1.82, 2.24) is 10.7 Å². The lowest BCUT2D eigenvalue weighted by molar-refractivity contribution is -0.139. The van der Waals surface area contributed by atoms with Crippen molar-refractivity contribution in [2.75, 3.05) is 25.6 Å². The Morgan fingerprint density at radius 3 is 2.48 bits per heavy atom. The molecule has 0 aliphatic rings. The highest BCUT2D eigenvalue weighted by Gasteiger charge is 2.10. The topological polar surface area (TPSA) is 118 Å². The average Bonchev–Trinajstić information content (AvgIpc) is 2.73. The van der Waals surface area contributed by atoms with Crippen molar-refractivity contribution in [3.8, 4) is 11.5 Å². The zero-order valence-corrected chi connectivity index (χ0v) is 16.1. The molecule has 0 heterocycles. The minimum Gasteiger partial charge on any atom is -0.497 e. The molecule has 0 aromatic heterocycles. The van der Waals surface area contributed by atoms with Crippen LogP contribution in [-0.2, 0) is 14.4 Å². The third-order valence-corrected chi connectivity index (χ3v) is 3.53. The highest BCUT2D eigenvalue weighted by molar-refractivity contribution is 6.35. The Morgan fingerprint density at radius 1 is 1.03 bits per heavy atom. The van der Waals surface area contributed by atoms with Crippen LogP contribution >= 0.6 is 0 Å². The highest BCUT2D eigenvalue weighted by Crippen LogP contribution is 2.17. The second-order valence-electron chi connectivity index (χ2n) is 5.70. The number of hydrogen-bond acceptors (Lipinski definition) is 6. The first-order chi connectivity index (χ1) is 14.0. The van der Waals surface area contributed by atoms with Gasteiger partial charge in [-0.15, -0.1) is 0 Å². The van der Waals surface area contributed by atoms with Gasteiger partial charge in [0.15, 0.2) is 6.61 Å². The molecule has 2 aromatic carbocycles. The van der Waals surface area contributed by atoms with Crippen LogP contribution in [0, 0.1) is 0 Å². The summed E-state index contributed by atoms with van der Waals surface area (Å²) >= 11 is 0. The Hall–Kier alpha value is -3.88. The Balaban J connectivity index is 1.79. The molecule has 0 saturated carbocycles. The molecule has 0 fully saturated rings. The van der Waals surface area contributed by atoms with Crippen LogP contribution in [0.1, 0.15) is 12.5 Å². The van der Waals surface area contributed by atoms with Gasteiger partial charge in [-0.2, -0.15) is 5.10 Å². The Kier molecular flexibility index (Phi) is 8.18. The fraction of sp³-hybridized carbons (Fsp3) is 0.200. The summed E-state index contributed by atoms with van der Waals surface area (Å²) in [5.74, 6) is -0.764. The Morgan fingerprint density at radius 2 is 1.79 bits per heavy atom. The number of amides is 3. The van der Waals surface area contributed by atoms with Gasteiger partial charge in [0.05, 0.1) is 13.3 Å². The molecule has 0 aliphatic carbocycles. The number of hydrazone groups is 1. The summed E-state index contributed by atoms with van der Waals surface area (Å²) in [5.41, 5.74) is 3.41. The molecule has 152 valence electrons. The summed E-state index contributed by atoms with van der Waals surface area (Å²) in [7, 11) is 1.55. The van der Waals surface area contributed by atoms with Crippen LogP contribution in [0.2, 0.25) is 0 Å². The number of likely N-dealkylation sites (N-methyl/N-ethyl adjacent to an activating group) is 1. The molecule has 29 heavy (non-hydrogen) atoms. The maximum absolute atomic E-state index is 12.0. The lowest BCUT2D eigenvalue weighted by Crippen LogP contribution is -2.37. The van der Waals surface area contributed by atoms with E-state index in [-0.39, 0.29) is 12.5 Å². The number of carbonyl (C=O) groups excluding carboxylic acids is 3. The van der Waals surface area contributed by atoms with Gasteiger partial charge in [0.1, 0.15) is 11.5 Å². The van der Waals surface area contributed by atoms with E-state index in [1.807, 2.05) is 0 Å². The van der Waals surface area contributed by atoms with E-state index in [4.69, 9.17) is 9.47 Å². The maximum Gasteiger partial charge on any atom is 0.329 e. The summed E-state index contributed by atoms with van der Waals surface area (Å²) in [6, 6.07) is 13.7. The normalized spacial score (nSPS) is 10.3. The van der Waals surface area contributed by atoms with Gasteiger partial charge in [0, 0.05) is 18.3 Å². The van der Waals surface area contributed by atoms with E-state index >= 15 is 0 Å². The molecule has 3 N–H and O–H groups in total. The molecule has 0 radical (unpaired) electrons. The number of carbonyl (C=O) groups is 3. The molecule has 2 rings (SSSR count). The summed E-state index contributed by atoms with van der Waals surface area (Å²) in [6.07, 6.45) is 1.39. The van der Waals surface area contributed by atoms with E-state index in [9.17, 15) is 14.4 Å². The lowest BCUT2D eigenvalue weighted by Gasteiger charge is -2.08. The van der Waals surface area contributed by atoms with Crippen molar-refractivity contribution >= 4 is 29.6 Å². The van der Waals surface area contributed by atoms with E-state index in [1.54, 1.807) is 62.6 Å². The van der Waals surface area contributed by atoms with Gasteiger partial charge in [-0.3, -0.25) is 14.4 Å². The molecule has 0 aliphatic heterocycles. The van der Waals surface area contributed by atoms with Gasteiger partial charge in [-0.1, -0.05) is 6.07 Å². The number of hydrogen-bond donors (Lipinski definition) is 3. The molecular formula is C20H22N4O5. The molecule has 2 aromatic rings. The van der Waals surface area contributed by atoms with Gasteiger partial charge < -0.3 is 20.1 Å². The monoisotopic (exact) mass is 398 g/mol. The largest absolute Gasteiger partial charge is 0.497 e. The first kappa shape index (κ1) is 21.4. The van der Waals surface area contributed by atoms with Gasteiger partial charge >= 0.3 is 11.8 Å². The van der Waals surface area contributed by atoms with E-state index in [1.165, 1.54) is 6.21 Å². The molecule has 9 heteroatoms. The lowest BCUT2D eigenvalue weighted by atomic mass is 10.2. The summed E-state index contributed by atoms with van der Waals surface area (Å²) in [4.78, 5) is 34.6. The molecule has 0 unspecified atom stereocenters. The summed E-state index contributed by atoms with van der Waals surface area (Å²) < 4.78 is 10.5. The SMILES string of the molecule is CCNC(=O)C(=O)N/N=C\c1ccc(OCC(=O)Nc2cccc(OC)c2)cc1. The third kappa shape index (κ3) is 7.33. The number of nitrogens with zero attached hydrogens (tertiary/aromatic N) is 1. The highest BCUT2D eigenvalue weighted by atomic mass is 16.5. The van der Waals surface area contributed by atoms with Gasteiger partial charge in [-0.25, -0.2) is 5.43 Å². The molecule has 0 saturated heterocycles. The number of methoxy groups -OCH3 is 1. The van der Waals surface area contributed by atoms with Crippen LogP contribution < -0.4 is 25.5 Å². The van der Waals surface area contributed by atoms with E-state index in [0.717, 1.165) is 0 Å². The number of anilines is 1. The fourth-order valence-corrected chi connectivity index (χ4v) is 2.15. The average molecular weight is 398 g/mol. The van der Waals surface area contributed by atoms with Crippen LogP contribution in [-0.4, -0.2) is 44.2 Å².